The lowest BCUT2D eigenvalue weighted by Crippen LogP contribution is -2.10. The molecule has 0 N–H and O–H groups in total. The van der Waals surface area contributed by atoms with E-state index in [0.29, 0.717) is 6.61 Å². The molecule has 0 aromatic heterocycles. The summed E-state index contributed by atoms with van der Waals surface area (Å²) in [7, 11) is -2.35. The predicted octanol–water partition coefficient (Wildman–Crippen LogP) is -0.384. The Hall–Kier alpha value is 0.0506. The lowest BCUT2D eigenvalue weighted by atomic mass is 10.4. The highest BCUT2D eigenvalue weighted by atomic mass is 29.2. The van der Waals surface area contributed by atoms with E-state index < -0.39 is 26.9 Å². The Labute approximate surface area is 72.8 Å². The van der Waals surface area contributed by atoms with Gasteiger partial charge in [0.15, 0.2) is 0 Å². The van der Waals surface area contributed by atoms with Crippen molar-refractivity contribution in [3.05, 3.63) is 0 Å². The largest absolute Gasteiger partial charge is 0.526 e. The van der Waals surface area contributed by atoms with E-state index in [1.807, 2.05) is 0 Å². The van der Waals surface area contributed by atoms with Crippen LogP contribution in [0.25, 0.3) is 0 Å². The molecule has 6 heteroatoms. The molecule has 0 radical (unpaired) electrons. The molecule has 0 aromatic carbocycles. The quantitative estimate of drug-likeness (QED) is 0.421. The molecule has 0 aliphatic carbocycles. The van der Waals surface area contributed by atoms with E-state index in [9.17, 15) is 8.92 Å². The first-order chi connectivity index (χ1) is 5.31. The summed E-state index contributed by atoms with van der Waals surface area (Å²) in [5.74, 6) is 0. The summed E-state index contributed by atoms with van der Waals surface area (Å²) in [6.45, 7) is 2.73. The zero-order chi connectivity index (χ0) is 8.53. The average Bonchev–Trinajstić information content (AvgIpc) is 2.04. The molecule has 0 heterocycles. The Balaban J connectivity index is 3.01. The maximum Gasteiger partial charge on any atom is 0.487 e. The van der Waals surface area contributed by atoms with Crippen LogP contribution in [0.3, 0.4) is 0 Å². The summed E-state index contributed by atoms with van der Waals surface area (Å²) in [5.41, 5.74) is 0. The van der Waals surface area contributed by atoms with Gasteiger partial charge in [0.2, 0.25) is 8.92 Å². The highest BCUT2D eigenvalue weighted by Crippen LogP contribution is 1.98. The van der Waals surface area contributed by atoms with E-state index in [1.54, 1.807) is 0 Å². The van der Waals surface area contributed by atoms with Gasteiger partial charge in [-0.05, 0) is 6.42 Å². The molecule has 3 nitrogen and oxygen atoms in total. The maximum atomic E-state index is 10.4. The summed E-state index contributed by atoms with van der Waals surface area (Å²) in [4.78, 5) is 0. The second-order valence-corrected chi connectivity index (χ2v) is 10.1. The van der Waals surface area contributed by atoms with Gasteiger partial charge in [0.25, 0.3) is 0 Å². The van der Waals surface area contributed by atoms with E-state index in [0.717, 1.165) is 18.9 Å². The standard InChI is InChI=1S/C5H14O3Si3/c1-11(10-7)5-3-2-4-8-9-6/h9-11H,2-5H2,1H3. The van der Waals surface area contributed by atoms with Gasteiger partial charge in [-0.25, -0.2) is 0 Å². The smallest absolute Gasteiger partial charge is 0.487 e. The SMILES string of the molecule is C[SiH](CCCCO[SiH]=O)[SiH]=O. The van der Waals surface area contributed by atoms with Gasteiger partial charge in [0, 0.05) is 0 Å². The normalized spacial score (nSPS) is 12.1. The molecule has 0 spiro atoms. The Morgan fingerprint density at radius 3 is 2.64 bits per heavy atom. The van der Waals surface area contributed by atoms with Crippen molar-refractivity contribution in [2.75, 3.05) is 6.61 Å². The van der Waals surface area contributed by atoms with E-state index in [4.69, 9.17) is 4.43 Å². The van der Waals surface area contributed by atoms with Crippen LogP contribution in [0.15, 0.2) is 0 Å². The summed E-state index contributed by atoms with van der Waals surface area (Å²) in [5, 5.41) is 0. The second-order valence-electron chi connectivity index (χ2n) is 2.58. The monoisotopic (exact) mass is 206 g/mol. The van der Waals surface area contributed by atoms with Crippen LogP contribution >= 0.6 is 0 Å². The fraction of sp³-hybridized carbons (Fsp3) is 1.00. The predicted molar refractivity (Wildman–Crippen MR) is 48.7 cm³/mol. The maximum absolute atomic E-state index is 10.4. The highest BCUT2D eigenvalue weighted by molar-refractivity contribution is 7.05. The third-order valence-electron chi connectivity index (χ3n) is 1.47. The summed E-state index contributed by atoms with van der Waals surface area (Å²) in [6.07, 6.45) is 2.05. The topological polar surface area (TPSA) is 43.4 Å². The van der Waals surface area contributed by atoms with Crippen molar-refractivity contribution < 1.29 is 13.3 Å². The van der Waals surface area contributed by atoms with E-state index in [1.165, 1.54) is 0 Å². The van der Waals surface area contributed by atoms with Gasteiger partial charge >= 0.3 is 9.65 Å². The van der Waals surface area contributed by atoms with Crippen molar-refractivity contribution in [3.8, 4) is 0 Å². The zero-order valence-corrected chi connectivity index (χ0v) is 10.2. The molecular weight excluding hydrogens is 192 g/mol. The number of hydrogen-bond donors (Lipinski definition) is 0. The lowest BCUT2D eigenvalue weighted by Gasteiger charge is -2.00. The molecule has 0 aliphatic heterocycles. The molecule has 0 saturated carbocycles. The van der Waals surface area contributed by atoms with Gasteiger partial charge in [-0.15, -0.1) is 0 Å². The Morgan fingerprint density at radius 1 is 1.36 bits per heavy atom. The Bertz CT molecular complexity index is 120. The van der Waals surface area contributed by atoms with Crippen LogP contribution in [0.4, 0.5) is 0 Å². The number of rotatable bonds is 7. The van der Waals surface area contributed by atoms with Crippen molar-refractivity contribution in [1.29, 1.82) is 0 Å². The summed E-state index contributed by atoms with van der Waals surface area (Å²) in [6, 6.07) is 1.14. The van der Waals surface area contributed by atoms with Crippen LogP contribution < -0.4 is 0 Å². The highest BCUT2D eigenvalue weighted by Gasteiger charge is 2.01. The Morgan fingerprint density at radius 2 is 2.09 bits per heavy atom. The molecule has 0 aromatic rings. The van der Waals surface area contributed by atoms with Crippen LogP contribution in [0.1, 0.15) is 12.8 Å². The Kier molecular flexibility index (Phi) is 8.19. The van der Waals surface area contributed by atoms with Gasteiger partial charge in [0.1, 0.15) is 0 Å². The number of hydrogen-bond acceptors (Lipinski definition) is 3. The van der Waals surface area contributed by atoms with Crippen molar-refractivity contribution in [3.63, 3.8) is 0 Å². The third kappa shape index (κ3) is 7.95. The van der Waals surface area contributed by atoms with Crippen LogP contribution in [0, 0.1) is 0 Å². The van der Waals surface area contributed by atoms with Crippen LogP contribution in [-0.2, 0) is 13.3 Å². The summed E-state index contributed by atoms with van der Waals surface area (Å²) < 4.78 is 25.0. The van der Waals surface area contributed by atoms with E-state index >= 15 is 0 Å². The molecule has 0 amide bonds. The first kappa shape index (κ1) is 11.1. The fourth-order valence-electron chi connectivity index (χ4n) is 0.768. The minimum absolute atomic E-state index is 0.487. The third-order valence-corrected chi connectivity index (χ3v) is 6.02. The molecule has 0 aliphatic rings. The molecule has 0 fully saturated rings. The molecule has 0 rings (SSSR count). The van der Waals surface area contributed by atoms with Gasteiger partial charge in [-0.1, -0.05) is 19.0 Å². The summed E-state index contributed by atoms with van der Waals surface area (Å²) >= 11 is 0. The molecule has 1 atom stereocenters. The molecular formula is C5H14O3Si3. The van der Waals surface area contributed by atoms with Gasteiger partial charge in [-0.3, -0.25) is 0 Å². The van der Waals surface area contributed by atoms with Crippen LogP contribution in [0.5, 0.6) is 0 Å². The molecule has 0 saturated heterocycles. The zero-order valence-electron chi connectivity index (χ0n) is 6.79. The second kappa shape index (κ2) is 8.15. The minimum Gasteiger partial charge on any atom is -0.526 e. The first-order valence-electron chi connectivity index (χ1n) is 3.81. The molecule has 64 valence electrons. The lowest BCUT2D eigenvalue weighted by molar-refractivity contribution is 0.301. The van der Waals surface area contributed by atoms with Crippen LogP contribution in [-0.4, -0.2) is 33.5 Å². The van der Waals surface area contributed by atoms with Crippen LogP contribution in [0.2, 0.25) is 12.6 Å². The van der Waals surface area contributed by atoms with E-state index in [2.05, 4.69) is 6.55 Å². The van der Waals surface area contributed by atoms with Crippen molar-refractivity contribution >= 4 is 26.9 Å². The van der Waals surface area contributed by atoms with Crippen molar-refractivity contribution in [2.24, 2.45) is 0 Å². The molecule has 1 unspecified atom stereocenters. The van der Waals surface area contributed by atoms with Crippen molar-refractivity contribution in [2.45, 2.75) is 25.4 Å². The molecule has 11 heavy (non-hydrogen) atoms. The van der Waals surface area contributed by atoms with Gasteiger partial charge in [-0.2, -0.15) is 0 Å². The number of unbranched alkanes of at least 4 members (excludes halogenated alkanes) is 1. The van der Waals surface area contributed by atoms with Gasteiger partial charge in [0.05, 0.1) is 14.9 Å². The fourth-order valence-corrected chi connectivity index (χ4v) is 3.21. The van der Waals surface area contributed by atoms with Gasteiger partial charge < -0.3 is 13.3 Å². The van der Waals surface area contributed by atoms with E-state index in [-0.39, 0.29) is 0 Å². The molecule has 0 bridgehead atoms. The first-order valence-corrected chi connectivity index (χ1v) is 9.87. The van der Waals surface area contributed by atoms with Crippen molar-refractivity contribution in [1.82, 2.24) is 0 Å². The average molecular weight is 206 g/mol. The minimum atomic E-state index is -1.03.